The van der Waals surface area contributed by atoms with E-state index in [1.165, 1.54) is 4.90 Å². The van der Waals surface area contributed by atoms with Crippen LogP contribution >= 0.6 is 0 Å². The molecule has 2 aromatic carbocycles. The highest BCUT2D eigenvalue weighted by molar-refractivity contribution is 6.05. The quantitative estimate of drug-likeness (QED) is 0.801. The van der Waals surface area contributed by atoms with E-state index in [2.05, 4.69) is 5.32 Å². The van der Waals surface area contributed by atoms with Crippen LogP contribution < -0.4 is 15.0 Å². The number of fused-ring (bicyclic) bond motifs is 1. The summed E-state index contributed by atoms with van der Waals surface area (Å²) in [7, 11) is 1.58. The Balaban J connectivity index is 1.68. The van der Waals surface area contributed by atoms with Crippen molar-refractivity contribution in [3.05, 3.63) is 53.1 Å². The number of hydrogen-bond donors (Lipinski definition) is 1. The van der Waals surface area contributed by atoms with Crippen LogP contribution in [0, 0.1) is 20.8 Å². The molecule has 31 heavy (non-hydrogen) atoms. The number of ether oxygens (including phenoxy) is 1. The lowest BCUT2D eigenvalue weighted by Crippen LogP contribution is -2.46. The number of nitrogens with one attached hydrogen (secondary N) is 1. The second kappa shape index (κ2) is 9.20. The van der Waals surface area contributed by atoms with Gasteiger partial charge >= 0.3 is 0 Å². The van der Waals surface area contributed by atoms with Gasteiger partial charge in [0.2, 0.25) is 11.8 Å². The Labute approximate surface area is 183 Å². The van der Waals surface area contributed by atoms with Crippen LogP contribution in [0.15, 0.2) is 36.4 Å². The van der Waals surface area contributed by atoms with Crippen LogP contribution in [0.25, 0.3) is 0 Å². The normalized spacial score (nSPS) is 15.6. The minimum atomic E-state index is -0.325. The number of aryl methyl sites for hydroxylation is 3. The van der Waals surface area contributed by atoms with Crippen LogP contribution in [0.1, 0.15) is 30.0 Å². The number of benzene rings is 2. The summed E-state index contributed by atoms with van der Waals surface area (Å²) in [6.07, 6.45) is 0.188. The first-order valence-electron chi connectivity index (χ1n) is 10.3. The zero-order chi connectivity index (χ0) is 22.7. The Bertz CT molecular complexity index is 995. The van der Waals surface area contributed by atoms with Gasteiger partial charge in [-0.2, -0.15) is 0 Å². The highest BCUT2D eigenvalue weighted by Gasteiger charge is 2.30. The van der Waals surface area contributed by atoms with Gasteiger partial charge in [-0.25, -0.2) is 0 Å². The Kier molecular flexibility index (Phi) is 6.63. The first kappa shape index (κ1) is 22.3. The van der Waals surface area contributed by atoms with Crippen LogP contribution in [0.5, 0.6) is 5.75 Å². The molecule has 0 aromatic heterocycles. The number of rotatable bonds is 5. The third kappa shape index (κ3) is 5.05. The summed E-state index contributed by atoms with van der Waals surface area (Å²) in [5.74, 6) is 0.00272. The van der Waals surface area contributed by atoms with Gasteiger partial charge < -0.3 is 19.9 Å². The zero-order valence-electron chi connectivity index (χ0n) is 18.7. The molecule has 7 heteroatoms. The molecular weight excluding hydrogens is 394 g/mol. The molecule has 0 bridgehead atoms. The third-order valence-corrected chi connectivity index (χ3v) is 5.37. The van der Waals surface area contributed by atoms with Crippen molar-refractivity contribution in [3.8, 4) is 5.75 Å². The summed E-state index contributed by atoms with van der Waals surface area (Å²) in [6, 6.07) is 10.9. The van der Waals surface area contributed by atoms with Crippen LogP contribution in [0.4, 0.5) is 11.4 Å². The van der Waals surface area contributed by atoms with Crippen molar-refractivity contribution < 1.29 is 19.1 Å². The van der Waals surface area contributed by atoms with Crippen molar-refractivity contribution in [2.75, 3.05) is 30.4 Å². The average molecular weight is 424 g/mol. The van der Waals surface area contributed by atoms with Crippen LogP contribution in [-0.4, -0.2) is 48.9 Å². The molecule has 1 atom stereocenters. The fourth-order valence-electron chi connectivity index (χ4n) is 3.97. The Morgan fingerprint density at radius 3 is 2.48 bits per heavy atom. The Hall–Kier alpha value is -3.35. The number of amides is 3. The molecule has 1 aliphatic rings. The summed E-state index contributed by atoms with van der Waals surface area (Å²) in [4.78, 5) is 40.8. The summed E-state index contributed by atoms with van der Waals surface area (Å²) in [5.41, 5.74) is 4.30. The van der Waals surface area contributed by atoms with Gasteiger partial charge in [0.05, 0.1) is 17.9 Å². The van der Waals surface area contributed by atoms with Crippen molar-refractivity contribution in [1.29, 1.82) is 0 Å². The summed E-state index contributed by atoms with van der Waals surface area (Å²) < 4.78 is 5.77. The topological polar surface area (TPSA) is 79.0 Å². The van der Waals surface area contributed by atoms with Gasteiger partial charge in [-0.15, -0.1) is 0 Å². The van der Waals surface area contributed by atoms with Gasteiger partial charge in [-0.3, -0.25) is 14.4 Å². The Morgan fingerprint density at radius 2 is 1.81 bits per heavy atom. The molecule has 0 radical (unpaired) electrons. The molecule has 0 fully saturated rings. The van der Waals surface area contributed by atoms with E-state index in [1.54, 1.807) is 30.1 Å². The second-order valence-electron chi connectivity index (χ2n) is 8.15. The number of anilines is 2. The maximum Gasteiger partial charge on any atom is 0.260 e. The van der Waals surface area contributed by atoms with Crippen LogP contribution in [-0.2, 0) is 14.4 Å². The largest absolute Gasteiger partial charge is 0.483 e. The van der Waals surface area contributed by atoms with Crippen molar-refractivity contribution in [2.24, 2.45) is 0 Å². The zero-order valence-corrected chi connectivity index (χ0v) is 18.7. The molecule has 0 aliphatic carbocycles. The SMILES string of the molecule is Cc1cc(C)c(OCC(=O)N(C)CC(=O)N2c3ccccc3NC(=O)CC2C)c(C)c1. The van der Waals surface area contributed by atoms with E-state index in [9.17, 15) is 14.4 Å². The van der Waals surface area contributed by atoms with E-state index in [0.29, 0.717) is 17.1 Å². The lowest BCUT2D eigenvalue weighted by molar-refractivity contribution is -0.135. The van der Waals surface area contributed by atoms with Gasteiger partial charge in [0.25, 0.3) is 5.91 Å². The number of nitrogens with zero attached hydrogens (tertiary/aromatic N) is 2. The third-order valence-electron chi connectivity index (χ3n) is 5.37. The molecule has 1 heterocycles. The predicted octanol–water partition coefficient (Wildman–Crippen LogP) is 3.21. The molecule has 0 spiro atoms. The smallest absolute Gasteiger partial charge is 0.260 e. The number of likely N-dealkylation sites (N-methyl/N-ethyl adjacent to an activating group) is 1. The highest BCUT2D eigenvalue weighted by Crippen LogP contribution is 2.31. The van der Waals surface area contributed by atoms with E-state index >= 15 is 0 Å². The van der Waals surface area contributed by atoms with Gasteiger partial charge in [0.15, 0.2) is 6.61 Å². The predicted molar refractivity (Wildman–Crippen MR) is 120 cm³/mol. The average Bonchev–Trinajstić information content (AvgIpc) is 2.80. The van der Waals surface area contributed by atoms with E-state index in [0.717, 1.165) is 16.7 Å². The first-order chi connectivity index (χ1) is 14.7. The lowest BCUT2D eigenvalue weighted by atomic mass is 10.1. The maximum absolute atomic E-state index is 13.1. The standard InChI is InChI=1S/C24H29N3O4/c1-15-10-16(2)24(17(3)11-15)31-14-23(30)26(5)13-22(29)27-18(4)12-21(28)25-19-8-6-7-9-20(19)27/h6-11,18H,12-14H2,1-5H3,(H,25,28). The second-order valence-corrected chi connectivity index (χ2v) is 8.15. The van der Waals surface area contributed by atoms with E-state index in [-0.39, 0.29) is 43.3 Å². The molecule has 1 N–H and O–H groups in total. The molecule has 7 nitrogen and oxygen atoms in total. The molecule has 3 amide bonds. The van der Waals surface area contributed by atoms with E-state index < -0.39 is 0 Å². The van der Waals surface area contributed by atoms with Gasteiger partial charge in [0, 0.05) is 19.5 Å². The van der Waals surface area contributed by atoms with Crippen LogP contribution in [0.3, 0.4) is 0 Å². The lowest BCUT2D eigenvalue weighted by Gasteiger charge is -2.29. The highest BCUT2D eigenvalue weighted by atomic mass is 16.5. The van der Waals surface area contributed by atoms with Gasteiger partial charge in [-0.1, -0.05) is 29.8 Å². The summed E-state index contributed by atoms with van der Waals surface area (Å²) in [6.45, 7) is 7.47. The molecular formula is C24H29N3O4. The monoisotopic (exact) mass is 423 g/mol. The van der Waals surface area contributed by atoms with Crippen molar-refractivity contribution >= 4 is 29.1 Å². The summed E-state index contributed by atoms with van der Waals surface area (Å²) >= 11 is 0. The maximum atomic E-state index is 13.1. The van der Waals surface area contributed by atoms with E-state index in [1.807, 2.05) is 45.9 Å². The molecule has 0 saturated carbocycles. The number of carbonyl (C=O) groups excluding carboxylic acids is 3. The van der Waals surface area contributed by atoms with Crippen molar-refractivity contribution in [1.82, 2.24) is 4.90 Å². The number of para-hydroxylation sites is 2. The molecule has 0 saturated heterocycles. The minimum absolute atomic E-state index is 0.110. The number of hydrogen-bond acceptors (Lipinski definition) is 4. The molecule has 2 aromatic rings. The first-order valence-corrected chi connectivity index (χ1v) is 10.3. The summed E-state index contributed by atoms with van der Waals surface area (Å²) in [5, 5.41) is 2.83. The molecule has 1 aliphatic heterocycles. The van der Waals surface area contributed by atoms with Crippen molar-refractivity contribution in [2.45, 2.75) is 40.2 Å². The van der Waals surface area contributed by atoms with Gasteiger partial charge in [0.1, 0.15) is 5.75 Å². The Morgan fingerprint density at radius 1 is 1.16 bits per heavy atom. The fraction of sp³-hybridized carbons (Fsp3) is 0.375. The fourth-order valence-corrected chi connectivity index (χ4v) is 3.97. The number of carbonyl (C=O) groups is 3. The molecule has 164 valence electrons. The van der Waals surface area contributed by atoms with Crippen molar-refractivity contribution in [3.63, 3.8) is 0 Å². The van der Waals surface area contributed by atoms with E-state index in [4.69, 9.17) is 4.74 Å². The minimum Gasteiger partial charge on any atom is -0.483 e. The van der Waals surface area contributed by atoms with Crippen LogP contribution in [0.2, 0.25) is 0 Å². The van der Waals surface area contributed by atoms with Gasteiger partial charge in [-0.05, 0) is 51.0 Å². The molecule has 1 unspecified atom stereocenters. The molecule has 3 rings (SSSR count).